The molecule has 0 radical (unpaired) electrons. The summed E-state index contributed by atoms with van der Waals surface area (Å²) in [7, 11) is 0. The standard InChI is InChI=1S/C24H31N3O3/c1-18-10-12-20(13-11-18)25-22(28)21(19-8-6-5-7-9-19)26-14-16-27(17-15-26)23(29)30-24(2,3)4/h5-13,21H,14-17H2,1-4H3,(H,25,28). The molecule has 2 amide bonds. The Kier molecular flexibility index (Phi) is 6.77. The Balaban J connectivity index is 1.72. The maximum absolute atomic E-state index is 13.2. The normalized spacial score (nSPS) is 16.1. The van der Waals surface area contributed by atoms with Gasteiger partial charge in [0.2, 0.25) is 5.91 Å². The molecule has 160 valence electrons. The minimum Gasteiger partial charge on any atom is -0.444 e. The first kappa shape index (κ1) is 21.8. The molecule has 0 spiro atoms. The van der Waals surface area contributed by atoms with Crippen LogP contribution in [-0.4, -0.2) is 53.6 Å². The van der Waals surface area contributed by atoms with Crippen molar-refractivity contribution in [2.45, 2.75) is 39.3 Å². The van der Waals surface area contributed by atoms with Crippen molar-refractivity contribution >= 4 is 17.7 Å². The van der Waals surface area contributed by atoms with Crippen LogP contribution in [0.25, 0.3) is 0 Å². The second kappa shape index (κ2) is 9.30. The van der Waals surface area contributed by atoms with Gasteiger partial charge in [-0.15, -0.1) is 0 Å². The number of ether oxygens (including phenoxy) is 1. The molecule has 6 heteroatoms. The van der Waals surface area contributed by atoms with Crippen LogP contribution >= 0.6 is 0 Å². The first-order valence-corrected chi connectivity index (χ1v) is 10.4. The highest BCUT2D eigenvalue weighted by atomic mass is 16.6. The molecule has 3 rings (SSSR count). The zero-order valence-corrected chi connectivity index (χ0v) is 18.2. The van der Waals surface area contributed by atoms with Crippen LogP contribution in [-0.2, 0) is 9.53 Å². The van der Waals surface area contributed by atoms with Gasteiger partial charge >= 0.3 is 6.09 Å². The van der Waals surface area contributed by atoms with Gasteiger partial charge in [-0.3, -0.25) is 9.69 Å². The van der Waals surface area contributed by atoms with Crippen LogP contribution in [0.3, 0.4) is 0 Å². The predicted molar refractivity (Wildman–Crippen MR) is 118 cm³/mol. The molecule has 1 unspecified atom stereocenters. The summed E-state index contributed by atoms with van der Waals surface area (Å²) in [4.78, 5) is 29.4. The Hall–Kier alpha value is -2.86. The summed E-state index contributed by atoms with van der Waals surface area (Å²) in [5.41, 5.74) is 2.34. The molecule has 1 saturated heterocycles. The summed E-state index contributed by atoms with van der Waals surface area (Å²) in [5, 5.41) is 3.04. The summed E-state index contributed by atoms with van der Waals surface area (Å²) < 4.78 is 5.48. The first-order valence-electron chi connectivity index (χ1n) is 10.4. The van der Waals surface area contributed by atoms with Gasteiger partial charge in [-0.2, -0.15) is 0 Å². The Labute approximate surface area is 178 Å². The van der Waals surface area contributed by atoms with Crippen LogP contribution in [0.2, 0.25) is 0 Å². The lowest BCUT2D eigenvalue weighted by Crippen LogP contribution is -2.52. The van der Waals surface area contributed by atoms with E-state index in [1.165, 1.54) is 0 Å². The van der Waals surface area contributed by atoms with E-state index < -0.39 is 11.6 Å². The van der Waals surface area contributed by atoms with Crippen LogP contribution < -0.4 is 5.32 Å². The third-order valence-corrected chi connectivity index (χ3v) is 5.01. The number of carbonyl (C=O) groups is 2. The number of benzene rings is 2. The lowest BCUT2D eigenvalue weighted by Gasteiger charge is -2.39. The number of hydrogen-bond donors (Lipinski definition) is 1. The lowest BCUT2D eigenvalue weighted by atomic mass is 10.0. The molecule has 2 aromatic carbocycles. The van der Waals surface area contributed by atoms with Crippen molar-refractivity contribution in [1.29, 1.82) is 0 Å². The highest BCUT2D eigenvalue weighted by Crippen LogP contribution is 2.25. The molecule has 1 fully saturated rings. The second-order valence-electron chi connectivity index (χ2n) is 8.67. The highest BCUT2D eigenvalue weighted by molar-refractivity contribution is 5.95. The number of anilines is 1. The van der Waals surface area contributed by atoms with Crippen LogP contribution in [0.4, 0.5) is 10.5 Å². The van der Waals surface area contributed by atoms with Crippen LogP contribution in [0.15, 0.2) is 54.6 Å². The quantitative estimate of drug-likeness (QED) is 0.821. The van der Waals surface area contributed by atoms with Crippen LogP contribution in [0.1, 0.15) is 37.9 Å². The summed E-state index contributed by atoms with van der Waals surface area (Å²) >= 11 is 0. The zero-order valence-electron chi connectivity index (χ0n) is 18.2. The fraction of sp³-hybridized carbons (Fsp3) is 0.417. The summed E-state index contributed by atoms with van der Waals surface area (Å²) in [6, 6.07) is 17.1. The summed E-state index contributed by atoms with van der Waals surface area (Å²) in [6.07, 6.45) is -0.303. The Morgan fingerprint density at radius 3 is 2.10 bits per heavy atom. The van der Waals surface area contributed by atoms with E-state index in [9.17, 15) is 9.59 Å². The van der Waals surface area contributed by atoms with E-state index in [-0.39, 0.29) is 12.0 Å². The summed E-state index contributed by atoms with van der Waals surface area (Å²) in [5.74, 6) is -0.0734. The van der Waals surface area contributed by atoms with E-state index >= 15 is 0 Å². The topological polar surface area (TPSA) is 61.9 Å². The molecule has 6 nitrogen and oxygen atoms in total. The average Bonchev–Trinajstić information content (AvgIpc) is 2.70. The monoisotopic (exact) mass is 409 g/mol. The number of aryl methyl sites for hydroxylation is 1. The number of carbonyl (C=O) groups excluding carboxylic acids is 2. The van der Waals surface area contributed by atoms with Gasteiger partial charge in [-0.05, 0) is 45.4 Å². The molecule has 1 heterocycles. The minimum atomic E-state index is -0.519. The minimum absolute atomic E-state index is 0.0734. The van der Waals surface area contributed by atoms with Gasteiger partial charge in [0.1, 0.15) is 11.6 Å². The molecule has 1 atom stereocenters. The van der Waals surface area contributed by atoms with E-state index in [0.29, 0.717) is 26.2 Å². The number of rotatable bonds is 4. The van der Waals surface area contributed by atoms with E-state index in [1.807, 2.05) is 82.3 Å². The Bertz CT molecular complexity index is 852. The van der Waals surface area contributed by atoms with Crippen molar-refractivity contribution in [2.75, 3.05) is 31.5 Å². The van der Waals surface area contributed by atoms with Crippen molar-refractivity contribution < 1.29 is 14.3 Å². The van der Waals surface area contributed by atoms with Crippen molar-refractivity contribution in [1.82, 2.24) is 9.80 Å². The molecule has 30 heavy (non-hydrogen) atoms. The van der Waals surface area contributed by atoms with Crippen molar-refractivity contribution in [3.8, 4) is 0 Å². The number of hydrogen-bond acceptors (Lipinski definition) is 4. The smallest absolute Gasteiger partial charge is 0.410 e. The van der Waals surface area contributed by atoms with Gasteiger partial charge in [0.05, 0.1) is 0 Å². The SMILES string of the molecule is Cc1ccc(NC(=O)C(c2ccccc2)N2CCN(C(=O)OC(C)(C)C)CC2)cc1. The molecule has 1 N–H and O–H groups in total. The second-order valence-corrected chi connectivity index (χ2v) is 8.67. The van der Waals surface area contributed by atoms with Gasteiger partial charge in [-0.25, -0.2) is 4.79 Å². The maximum atomic E-state index is 13.2. The molecule has 1 aliphatic heterocycles. The van der Waals surface area contributed by atoms with Crippen LogP contribution in [0.5, 0.6) is 0 Å². The van der Waals surface area contributed by atoms with Gasteiger partial charge in [0.15, 0.2) is 0 Å². The van der Waals surface area contributed by atoms with E-state index in [4.69, 9.17) is 4.74 Å². The molecule has 0 aliphatic carbocycles. The molecule has 2 aromatic rings. The fourth-order valence-electron chi connectivity index (χ4n) is 3.50. The predicted octanol–water partition coefficient (Wildman–Crippen LogP) is 4.23. The molecular weight excluding hydrogens is 378 g/mol. The largest absolute Gasteiger partial charge is 0.444 e. The van der Waals surface area contributed by atoms with Gasteiger partial charge in [-0.1, -0.05) is 48.0 Å². The van der Waals surface area contributed by atoms with E-state index in [0.717, 1.165) is 16.8 Å². The molecule has 1 aliphatic rings. The third-order valence-electron chi connectivity index (χ3n) is 5.01. The van der Waals surface area contributed by atoms with Crippen molar-refractivity contribution in [2.24, 2.45) is 0 Å². The molecule has 0 saturated carbocycles. The molecule has 0 aromatic heterocycles. The van der Waals surface area contributed by atoms with E-state index in [1.54, 1.807) is 4.90 Å². The Morgan fingerprint density at radius 1 is 0.933 bits per heavy atom. The van der Waals surface area contributed by atoms with E-state index in [2.05, 4.69) is 10.2 Å². The number of nitrogens with one attached hydrogen (secondary N) is 1. The summed E-state index contributed by atoms with van der Waals surface area (Å²) in [6.45, 7) is 9.85. The Morgan fingerprint density at radius 2 is 1.53 bits per heavy atom. The van der Waals surface area contributed by atoms with Crippen LogP contribution in [0, 0.1) is 6.92 Å². The first-order chi connectivity index (χ1) is 14.2. The zero-order chi connectivity index (χ0) is 21.7. The lowest BCUT2D eigenvalue weighted by molar-refractivity contribution is -0.122. The molecular formula is C24H31N3O3. The van der Waals surface area contributed by atoms with Gasteiger partial charge < -0.3 is 15.0 Å². The molecule has 0 bridgehead atoms. The van der Waals surface area contributed by atoms with Gasteiger partial charge in [0.25, 0.3) is 0 Å². The van der Waals surface area contributed by atoms with Crippen molar-refractivity contribution in [3.05, 3.63) is 65.7 Å². The number of amides is 2. The third kappa shape index (κ3) is 5.83. The number of nitrogens with zero attached hydrogens (tertiary/aromatic N) is 2. The van der Waals surface area contributed by atoms with Crippen molar-refractivity contribution in [3.63, 3.8) is 0 Å². The maximum Gasteiger partial charge on any atom is 0.410 e. The fourth-order valence-corrected chi connectivity index (χ4v) is 3.50. The number of piperazine rings is 1. The highest BCUT2D eigenvalue weighted by Gasteiger charge is 2.33. The van der Waals surface area contributed by atoms with Gasteiger partial charge in [0, 0.05) is 31.9 Å². The average molecular weight is 410 g/mol.